The minimum atomic E-state index is -0.829. The zero-order valence-electron chi connectivity index (χ0n) is 17.2. The topological polar surface area (TPSA) is 168 Å². The number of aliphatic hydroxyl groups is 1. The number of nitrogens with one attached hydrogen (secondary N) is 1. The average molecular weight is 435 g/mol. The SMILES string of the molecule is Cc1cc(CN(C)C(=O)[C@H]2C[C@H](NC(=O)Cn3cccnc3=O)[C@@H](O)C2)on1.O=CO. The van der Waals surface area contributed by atoms with E-state index in [0.717, 1.165) is 5.69 Å². The molecule has 1 aliphatic carbocycles. The Bertz CT molecular complexity index is 957. The van der Waals surface area contributed by atoms with Crippen LogP contribution in [0, 0.1) is 12.8 Å². The lowest BCUT2D eigenvalue weighted by Gasteiger charge is -2.20. The third-order valence-corrected chi connectivity index (χ3v) is 4.77. The van der Waals surface area contributed by atoms with E-state index in [1.54, 1.807) is 26.1 Å². The van der Waals surface area contributed by atoms with Gasteiger partial charge in [0.2, 0.25) is 11.8 Å². The van der Waals surface area contributed by atoms with E-state index in [2.05, 4.69) is 15.5 Å². The van der Waals surface area contributed by atoms with Crippen LogP contribution in [0.25, 0.3) is 0 Å². The van der Waals surface area contributed by atoms with E-state index in [0.29, 0.717) is 12.2 Å². The highest BCUT2D eigenvalue weighted by molar-refractivity contribution is 5.80. The Morgan fingerprint density at radius 3 is 2.74 bits per heavy atom. The van der Waals surface area contributed by atoms with E-state index < -0.39 is 29.7 Å². The maximum Gasteiger partial charge on any atom is 0.347 e. The van der Waals surface area contributed by atoms with Crippen LogP contribution in [-0.2, 0) is 27.5 Å². The van der Waals surface area contributed by atoms with Crippen LogP contribution in [0.3, 0.4) is 0 Å². The maximum atomic E-state index is 12.7. The fraction of sp³-hybridized carbons (Fsp3) is 0.474. The zero-order valence-corrected chi connectivity index (χ0v) is 17.2. The number of hydrogen-bond donors (Lipinski definition) is 3. The first-order chi connectivity index (χ1) is 14.7. The Balaban J connectivity index is 0.00000107. The van der Waals surface area contributed by atoms with Gasteiger partial charge in [0.15, 0.2) is 5.76 Å². The van der Waals surface area contributed by atoms with E-state index in [-0.39, 0.29) is 31.9 Å². The molecular weight excluding hydrogens is 410 g/mol. The molecule has 168 valence electrons. The van der Waals surface area contributed by atoms with E-state index in [1.807, 2.05) is 0 Å². The van der Waals surface area contributed by atoms with Crippen molar-refractivity contribution in [1.82, 2.24) is 24.9 Å². The summed E-state index contributed by atoms with van der Waals surface area (Å²) in [5, 5.41) is 23.6. The molecular formula is C19H25N5O7. The number of aromatic nitrogens is 3. The molecule has 12 nitrogen and oxygen atoms in total. The van der Waals surface area contributed by atoms with Crippen molar-refractivity contribution in [3.05, 3.63) is 46.5 Å². The van der Waals surface area contributed by atoms with E-state index in [4.69, 9.17) is 14.4 Å². The summed E-state index contributed by atoms with van der Waals surface area (Å²) in [6.45, 7) is 1.64. The van der Waals surface area contributed by atoms with Gasteiger partial charge in [-0.15, -0.1) is 0 Å². The predicted octanol–water partition coefficient (Wildman–Crippen LogP) is -0.845. The van der Waals surface area contributed by atoms with Gasteiger partial charge >= 0.3 is 5.69 Å². The number of carboxylic acid groups (broad SMARTS) is 1. The first-order valence-electron chi connectivity index (χ1n) is 9.49. The van der Waals surface area contributed by atoms with E-state index in [1.165, 1.54) is 21.9 Å². The van der Waals surface area contributed by atoms with Crippen molar-refractivity contribution in [3.8, 4) is 0 Å². The first-order valence-corrected chi connectivity index (χ1v) is 9.49. The summed E-state index contributed by atoms with van der Waals surface area (Å²) >= 11 is 0. The highest BCUT2D eigenvalue weighted by Crippen LogP contribution is 2.28. The van der Waals surface area contributed by atoms with E-state index in [9.17, 15) is 19.5 Å². The number of nitrogens with zero attached hydrogens (tertiary/aromatic N) is 4. The smallest absolute Gasteiger partial charge is 0.347 e. The van der Waals surface area contributed by atoms with Crippen LogP contribution >= 0.6 is 0 Å². The first kappa shape index (κ1) is 23.7. The average Bonchev–Trinajstić information content (AvgIpc) is 3.29. The molecule has 2 aromatic heterocycles. The monoisotopic (exact) mass is 435 g/mol. The van der Waals surface area contributed by atoms with Gasteiger partial charge in [0.05, 0.1) is 24.4 Å². The minimum absolute atomic E-state index is 0.131. The van der Waals surface area contributed by atoms with Gasteiger partial charge in [-0.05, 0) is 25.8 Å². The number of aliphatic hydroxyl groups excluding tert-OH is 1. The molecule has 12 heteroatoms. The molecule has 0 unspecified atom stereocenters. The molecule has 3 N–H and O–H groups in total. The molecule has 0 bridgehead atoms. The van der Waals surface area contributed by atoms with Gasteiger partial charge in [0.25, 0.3) is 6.47 Å². The van der Waals surface area contributed by atoms with Crippen molar-refractivity contribution in [2.45, 2.75) is 45.0 Å². The van der Waals surface area contributed by atoms with Gasteiger partial charge in [-0.3, -0.25) is 19.0 Å². The second kappa shape index (κ2) is 11.0. The van der Waals surface area contributed by atoms with Crippen LogP contribution in [0.1, 0.15) is 24.3 Å². The molecule has 0 spiro atoms. The van der Waals surface area contributed by atoms with Gasteiger partial charge in [0, 0.05) is 31.4 Å². The van der Waals surface area contributed by atoms with Crippen LogP contribution in [0.2, 0.25) is 0 Å². The molecule has 2 amide bonds. The number of hydrogen-bond acceptors (Lipinski definition) is 8. The summed E-state index contributed by atoms with van der Waals surface area (Å²) in [7, 11) is 1.66. The third kappa shape index (κ3) is 6.74. The summed E-state index contributed by atoms with van der Waals surface area (Å²) in [5.41, 5.74) is 0.213. The van der Waals surface area contributed by atoms with Crippen LogP contribution in [0.5, 0.6) is 0 Å². The van der Waals surface area contributed by atoms with Crippen molar-refractivity contribution in [1.29, 1.82) is 0 Å². The molecule has 2 aromatic rings. The molecule has 1 aliphatic rings. The van der Waals surface area contributed by atoms with E-state index >= 15 is 0 Å². The second-order valence-electron chi connectivity index (χ2n) is 7.17. The maximum absolute atomic E-state index is 12.7. The van der Waals surface area contributed by atoms with Crippen molar-refractivity contribution < 1.29 is 29.1 Å². The molecule has 0 aromatic carbocycles. The Morgan fingerprint density at radius 1 is 1.42 bits per heavy atom. The van der Waals surface area contributed by atoms with Crippen LogP contribution in [0.4, 0.5) is 0 Å². The van der Waals surface area contributed by atoms with Gasteiger partial charge in [-0.1, -0.05) is 5.16 Å². The predicted molar refractivity (Wildman–Crippen MR) is 106 cm³/mol. The number of carbonyl (C=O) groups is 3. The van der Waals surface area contributed by atoms with Crippen molar-refractivity contribution in [2.24, 2.45) is 5.92 Å². The summed E-state index contributed by atoms with van der Waals surface area (Å²) in [5.74, 6) is -0.375. The number of amides is 2. The molecule has 0 aliphatic heterocycles. The molecule has 2 heterocycles. The lowest BCUT2D eigenvalue weighted by molar-refractivity contribution is -0.135. The largest absolute Gasteiger partial charge is 0.483 e. The number of aryl methyl sites for hydroxylation is 1. The molecule has 3 rings (SSSR count). The fourth-order valence-corrected chi connectivity index (χ4v) is 3.40. The summed E-state index contributed by atoms with van der Waals surface area (Å²) in [6, 6.07) is 2.77. The van der Waals surface area contributed by atoms with Gasteiger partial charge in [0.1, 0.15) is 6.54 Å². The molecule has 1 saturated carbocycles. The highest BCUT2D eigenvalue weighted by atomic mass is 16.5. The van der Waals surface area contributed by atoms with Gasteiger partial charge in [-0.2, -0.15) is 0 Å². The van der Waals surface area contributed by atoms with Crippen LogP contribution < -0.4 is 11.0 Å². The minimum Gasteiger partial charge on any atom is -0.483 e. The Hall–Kier alpha value is -3.54. The molecule has 31 heavy (non-hydrogen) atoms. The fourth-order valence-electron chi connectivity index (χ4n) is 3.40. The van der Waals surface area contributed by atoms with Crippen molar-refractivity contribution in [2.75, 3.05) is 7.05 Å². The van der Waals surface area contributed by atoms with Gasteiger partial charge in [-0.25, -0.2) is 9.78 Å². The highest BCUT2D eigenvalue weighted by Gasteiger charge is 2.38. The van der Waals surface area contributed by atoms with Gasteiger partial charge < -0.3 is 25.0 Å². The van der Waals surface area contributed by atoms with Crippen LogP contribution in [0.15, 0.2) is 33.8 Å². The van der Waals surface area contributed by atoms with Crippen LogP contribution in [-0.4, -0.2) is 67.3 Å². The quantitative estimate of drug-likeness (QED) is 0.490. The number of rotatable bonds is 6. The molecule has 3 atom stereocenters. The standard InChI is InChI=1S/C18H23N5O5.CH2O2/c1-11-6-13(28-21-11)9-22(2)17(26)12-7-14(15(24)8-12)20-16(25)10-23-5-3-4-19-18(23)27;2-1-3/h3-6,12,14-15,24H,7-10H2,1-2H3,(H,20,25);1H,(H,2,3)/t12-,14-,15-;/m0./s1. The third-order valence-electron chi connectivity index (χ3n) is 4.77. The lowest BCUT2D eigenvalue weighted by Crippen LogP contribution is -2.43. The summed E-state index contributed by atoms with van der Waals surface area (Å²) in [6.07, 6.45) is 2.57. The Morgan fingerprint density at radius 2 is 2.13 bits per heavy atom. The Labute approximate surface area is 177 Å². The Kier molecular flexibility index (Phi) is 8.43. The van der Waals surface area contributed by atoms with Crippen molar-refractivity contribution >= 4 is 18.3 Å². The molecule has 1 fully saturated rings. The number of carbonyl (C=O) groups excluding carboxylic acids is 2. The normalized spacial score (nSPS) is 19.8. The second-order valence-corrected chi connectivity index (χ2v) is 7.17. The summed E-state index contributed by atoms with van der Waals surface area (Å²) < 4.78 is 6.30. The van der Waals surface area contributed by atoms with Crippen molar-refractivity contribution in [3.63, 3.8) is 0 Å². The lowest BCUT2D eigenvalue weighted by atomic mass is 10.1. The molecule has 0 radical (unpaired) electrons. The molecule has 0 saturated heterocycles. The zero-order chi connectivity index (χ0) is 23.0. The summed E-state index contributed by atoms with van der Waals surface area (Å²) in [4.78, 5) is 49.9.